The monoisotopic (exact) mass is 403 g/mol. The van der Waals surface area contributed by atoms with Crippen molar-refractivity contribution in [1.82, 2.24) is 0 Å². The van der Waals surface area contributed by atoms with Crippen LogP contribution in [0.1, 0.15) is 40.5 Å². The molecule has 3 atom stereocenters. The number of imide groups is 1. The van der Waals surface area contributed by atoms with E-state index in [0.717, 1.165) is 0 Å². The first-order valence-corrected chi connectivity index (χ1v) is 9.90. The van der Waals surface area contributed by atoms with Gasteiger partial charge in [0.05, 0.1) is 23.1 Å². The summed E-state index contributed by atoms with van der Waals surface area (Å²) in [5.41, 5.74) is 1.14. The maximum atomic E-state index is 12.7. The van der Waals surface area contributed by atoms with Gasteiger partial charge >= 0.3 is 5.97 Å². The normalized spacial score (nSPS) is 21.3. The molecule has 2 amide bonds. The molecule has 1 aliphatic heterocycles. The minimum Gasteiger partial charge on any atom is -0.451 e. The maximum Gasteiger partial charge on any atom is 0.338 e. The Hall–Kier alpha value is -3.54. The van der Waals surface area contributed by atoms with Crippen molar-refractivity contribution in [2.75, 3.05) is 4.90 Å². The van der Waals surface area contributed by atoms with E-state index >= 15 is 0 Å². The van der Waals surface area contributed by atoms with Crippen LogP contribution in [0.5, 0.6) is 0 Å². The van der Waals surface area contributed by atoms with E-state index in [0.29, 0.717) is 24.1 Å². The van der Waals surface area contributed by atoms with E-state index in [-0.39, 0.29) is 35.0 Å². The molecule has 0 saturated carbocycles. The molecule has 0 bridgehead atoms. The van der Waals surface area contributed by atoms with Gasteiger partial charge in [0.25, 0.3) is 0 Å². The van der Waals surface area contributed by atoms with E-state index in [9.17, 15) is 19.2 Å². The molecule has 1 saturated heterocycles. The summed E-state index contributed by atoms with van der Waals surface area (Å²) in [5.74, 6) is -1.95. The number of anilines is 1. The number of fused-ring (bicyclic) bond motifs is 1. The highest BCUT2D eigenvalue weighted by Crippen LogP contribution is 2.37. The van der Waals surface area contributed by atoms with Gasteiger partial charge in [0.2, 0.25) is 17.6 Å². The predicted molar refractivity (Wildman–Crippen MR) is 110 cm³/mol. The Bertz CT molecular complexity index is 999. The molecule has 0 spiro atoms. The molecule has 30 heavy (non-hydrogen) atoms. The largest absolute Gasteiger partial charge is 0.451 e. The number of hydrogen-bond donors (Lipinski definition) is 0. The number of Topliss-reactive ketones (excluding diaryl/α,β-unsaturated/α-hetero) is 1. The van der Waals surface area contributed by atoms with E-state index in [1.54, 1.807) is 42.5 Å². The van der Waals surface area contributed by atoms with Crippen molar-refractivity contribution in [2.24, 2.45) is 11.8 Å². The zero-order valence-electron chi connectivity index (χ0n) is 16.5. The number of hydrogen-bond acceptors (Lipinski definition) is 5. The second kappa shape index (κ2) is 8.06. The van der Waals surface area contributed by atoms with Gasteiger partial charge in [0, 0.05) is 5.56 Å². The average Bonchev–Trinajstić information content (AvgIpc) is 3.04. The van der Waals surface area contributed by atoms with Gasteiger partial charge in [-0.2, -0.15) is 0 Å². The lowest BCUT2D eigenvalue weighted by molar-refractivity contribution is -0.122. The summed E-state index contributed by atoms with van der Waals surface area (Å²) in [6, 6.07) is 14.7. The van der Waals surface area contributed by atoms with Crippen LogP contribution in [-0.4, -0.2) is 29.7 Å². The third-order valence-electron chi connectivity index (χ3n) is 5.58. The molecule has 0 N–H and O–H groups in total. The molecule has 2 aromatic rings. The molecule has 6 nitrogen and oxygen atoms in total. The van der Waals surface area contributed by atoms with Gasteiger partial charge in [-0.05, 0) is 44.0 Å². The SMILES string of the molecule is C[C@@H](OC(=O)c1ccc(N2C(=O)[C@H]3CC=CC[C@@H]3C2=O)cc1)C(=O)c1ccccc1. The maximum absolute atomic E-state index is 12.7. The predicted octanol–water partition coefficient (Wildman–Crippen LogP) is 3.57. The Morgan fingerprint density at radius 3 is 2.00 bits per heavy atom. The number of amides is 2. The lowest BCUT2D eigenvalue weighted by Gasteiger charge is -2.16. The highest BCUT2D eigenvalue weighted by atomic mass is 16.5. The van der Waals surface area contributed by atoms with Crippen molar-refractivity contribution in [2.45, 2.75) is 25.9 Å². The number of benzene rings is 2. The molecular formula is C24H21NO5. The van der Waals surface area contributed by atoms with Crippen LogP contribution in [0.2, 0.25) is 0 Å². The second-order valence-corrected chi connectivity index (χ2v) is 7.49. The van der Waals surface area contributed by atoms with Gasteiger partial charge in [-0.3, -0.25) is 19.3 Å². The quantitative estimate of drug-likeness (QED) is 0.330. The number of nitrogens with zero attached hydrogens (tertiary/aromatic N) is 1. The van der Waals surface area contributed by atoms with Crippen LogP contribution in [0.3, 0.4) is 0 Å². The Kier molecular flexibility index (Phi) is 5.31. The molecule has 0 unspecified atom stereocenters. The van der Waals surface area contributed by atoms with E-state index in [1.165, 1.54) is 24.0 Å². The lowest BCUT2D eigenvalue weighted by atomic mass is 9.85. The Balaban J connectivity index is 1.45. The summed E-state index contributed by atoms with van der Waals surface area (Å²) >= 11 is 0. The zero-order valence-corrected chi connectivity index (χ0v) is 16.5. The van der Waals surface area contributed by atoms with Crippen LogP contribution in [0, 0.1) is 11.8 Å². The Labute approximate surface area is 174 Å². The number of ketones is 1. The van der Waals surface area contributed by atoms with E-state index < -0.39 is 12.1 Å². The van der Waals surface area contributed by atoms with Crippen LogP contribution in [0.25, 0.3) is 0 Å². The fourth-order valence-electron chi connectivity index (χ4n) is 3.92. The number of ether oxygens (including phenoxy) is 1. The second-order valence-electron chi connectivity index (χ2n) is 7.49. The molecule has 1 fully saturated rings. The van der Waals surface area contributed by atoms with Crippen molar-refractivity contribution in [3.8, 4) is 0 Å². The molecule has 2 aromatic carbocycles. The van der Waals surface area contributed by atoms with Gasteiger partial charge in [-0.25, -0.2) is 4.79 Å². The number of allylic oxidation sites excluding steroid dienone is 2. The van der Waals surface area contributed by atoms with Gasteiger partial charge in [0.15, 0.2) is 6.10 Å². The van der Waals surface area contributed by atoms with Crippen LogP contribution < -0.4 is 4.90 Å². The first-order valence-electron chi connectivity index (χ1n) is 9.90. The summed E-state index contributed by atoms with van der Waals surface area (Å²) in [5, 5.41) is 0. The van der Waals surface area contributed by atoms with Crippen molar-refractivity contribution in [1.29, 1.82) is 0 Å². The van der Waals surface area contributed by atoms with Gasteiger partial charge < -0.3 is 4.74 Å². The first kappa shape index (κ1) is 19.8. The topological polar surface area (TPSA) is 80.8 Å². The van der Waals surface area contributed by atoms with Crippen LogP contribution in [0.4, 0.5) is 5.69 Å². The standard InChI is InChI=1S/C24H21NO5/c1-15(21(26)16-7-3-2-4-8-16)30-24(29)17-11-13-18(14-12-17)25-22(27)19-9-5-6-10-20(19)23(25)28/h2-8,11-15,19-20H,9-10H2,1H3/t15-,19+,20+/m1/s1. The van der Waals surface area contributed by atoms with Crippen LogP contribution in [0.15, 0.2) is 66.7 Å². The van der Waals surface area contributed by atoms with Gasteiger partial charge in [-0.15, -0.1) is 0 Å². The third-order valence-corrected chi connectivity index (χ3v) is 5.58. The third kappa shape index (κ3) is 3.56. The van der Waals surface area contributed by atoms with Crippen LogP contribution >= 0.6 is 0 Å². The molecule has 1 aliphatic carbocycles. The first-order chi connectivity index (χ1) is 14.5. The van der Waals surface area contributed by atoms with Gasteiger partial charge in [0.1, 0.15) is 0 Å². The van der Waals surface area contributed by atoms with Crippen molar-refractivity contribution in [3.05, 3.63) is 77.9 Å². The molecule has 2 aliphatic rings. The fraction of sp³-hybridized carbons (Fsp3) is 0.250. The minimum atomic E-state index is -0.933. The zero-order chi connectivity index (χ0) is 21.3. The van der Waals surface area contributed by atoms with Crippen molar-refractivity contribution in [3.63, 3.8) is 0 Å². The molecule has 1 heterocycles. The van der Waals surface area contributed by atoms with E-state index in [1.807, 2.05) is 12.2 Å². The molecule has 4 rings (SSSR count). The van der Waals surface area contributed by atoms with Gasteiger partial charge in [-0.1, -0.05) is 42.5 Å². The fourth-order valence-corrected chi connectivity index (χ4v) is 3.92. The molecule has 0 radical (unpaired) electrons. The summed E-state index contributed by atoms with van der Waals surface area (Å²) in [6.45, 7) is 1.53. The molecule has 6 heteroatoms. The van der Waals surface area contributed by atoms with Crippen LogP contribution in [-0.2, 0) is 14.3 Å². The lowest BCUT2D eigenvalue weighted by Crippen LogP contribution is -2.30. The summed E-state index contributed by atoms with van der Waals surface area (Å²) in [7, 11) is 0. The van der Waals surface area contributed by atoms with E-state index in [4.69, 9.17) is 4.74 Å². The molecule has 152 valence electrons. The summed E-state index contributed by atoms with van der Waals surface area (Å²) in [4.78, 5) is 51.3. The van der Waals surface area contributed by atoms with Crippen molar-refractivity contribution >= 4 is 29.3 Å². The number of esters is 1. The highest BCUT2D eigenvalue weighted by molar-refractivity contribution is 6.22. The average molecular weight is 403 g/mol. The smallest absolute Gasteiger partial charge is 0.338 e. The molecular weight excluding hydrogens is 382 g/mol. The minimum absolute atomic E-state index is 0.202. The van der Waals surface area contributed by atoms with E-state index in [2.05, 4.69) is 0 Å². The van der Waals surface area contributed by atoms with Crippen molar-refractivity contribution < 1.29 is 23.9 Å². The number of carbonyl (C=O) groups excluding carboxylic acids is 4. The Morgan fingerprint density at radius 2 is 1.43 bits per heavy atom. The Morgan fingerprint density at radius 1 is 0.867 bits per heavy atom. The molecule has 0 aromatic heterocycles. The summed E-state index contributed by atoms with van der Waals surface area (Å²) < 4.78 is 5.29. The number of carbonyl (C=O) groups is 4. The highest BCUT2D eigenvalue weighted by Gasteiger charge is 2.47. The number of rotatable bonds is 5. The summed E-state index contributed by atoms with van der Waals surface area (Å²) in [6.07, 6.45) is 4.09.